The van der Waals surface area contributed by atoms with E-state index in [9.17, 15) is 5.11 Å². The summed E-state index contributed by atoms with van der Waals surface area (Å²) in [5.41, 5.74) is 0.920. The van der Waals surface area contributed by atoms with Gasteiger partial charge in [-0.15, -0.1) is 0 Å². The summed E-state index contributed by atoms with van der Waals surface area (Å²) in [6, 6.07) is 9.70. The Balaban J connectivity index is 1.91. The Bertz CT molecular complexity index is 541. The average molecular weight is 381 g/mol. The number of hydrogen-bond donors (Lipinski definition) is 1. The molecule has 148 valence electrons. The van der Waals surface area contributed by atoms with E-state index >= 15 is 0 Å². The predicted octanol–water partition coefficient (Wildman–Crippen LogP) is 5.04. The highest BCUT2D eigenvalue weighted by Gasteiger charge is 2.42. The molecule has 1 aromatic rings. The van der Waals surface area contributed by atoms with Crippen LogP contribution in [0.15, 0.2) is 30.3 Å². The summed E-state index contributed by atoms with van der Waals surface area (Å²) < 4.78 is 18.6. The molecule has 1 aliphatic rings. The highest BCUT2D eigenvalue weighted by Crippen LogP contribution is 2.39. The summed E-state index contributed by atoms with van der Waals surface area (Å²) in [5, 5.41) is 10.5. The van der Waals surface area contributed by atoms with Gasteiger partial charge in [0.15, 0.2) is 14.6 Å². The smallest absolute Gasteiger partial charge is 0.192 e. The molecule has 1 heterocycles. The van der Waals surface area contributed by atoms with Crippen molar-refractivity contribution in [2.75, 3.05) is 6.61 Å². The Labute approximate surface area is 160 Å². The molecule has 0 amide bonds. The van der Waals surface area contributed by atoms with E-state index in [-0.39, 0.29) is 23.5 Å². The topological polar surface area (TPSA) is 47.9 Å². The van der Waals surface area contributed by atoms with Crippen LogP contribution in [0.3, 0.4) is 0 Å². The number of benzene rings is 1. The van der Waals surface area contributed by atoms with Crippen LogP contribution in [-0.2, 0) is 13.9 Å². The van der Waals surface area contributed by atoms with Crippen molar-refractivity contribution in [3.05, 3.63) is 35.9 Å². The van der Waals surface area contributed by atoms with Crippen LogP contribution >= 0.6 is 0 Å². The van der Waals surface area contributed by atoms with Gasteiger partial charge in [-0.25, -0.2) is 0 Å². The van der Waals surface area contributed by atoms with Crippen molar-refractivity contribution in [3.63, 3.8) is 0 Å². The maximum absolute atomic E-state index is 10.3. The van der Waals surface area contributed by atoms with Gasteiger partial charge in [-0.3, -0.25) is 0 Å². The van der Waals surface area contributed by atoms with Crippen molar-refractivity contribution in [1.29, 1.82) is 0 Å². The molecule has 1 aliphatic heterocycles. The molecule has 1 saturated heterocycles. The van der Waals surface area contributed by atoms with Gasteiger partial charge in [-0.05, 0) is 43.5 Å². The molecule has 0 radical (unpaired) electrons. The summed E-state index contributed by atoms with van der Waals surface area (Å²) in [6.07, 6.45) is 1.78. The van der Waals surface area contributed by atoms with E-state index in [1.807, 2.05) is 30.3 Å². The lowest BCUT2D eigenvalue weighted by molar-refractivity contribution is -0.234. The second kappa shape index (κ2) is 8.98. The predicted molar refractivity (Wildman–Crippen MR) is 108 cm³/mol. The Morgan fingerprint density at radius 3 is 2.46 bits per heavy atom. The summed E-state index contributed by atoms with van der Waals surface area (Å²) in [5.74, 6) is 0. The molecule has 0 spiro atoms. The van der Waals surface area contributed by atoms with Gasteiger partial charge >= 0.3 is 0 Å². The molecule has 26 heavy (non-hydrogen) atoms. The van der Waals surface area contributed by atoms with Gasteiger partial charge in [-0.2, -0.15) is 0 Å². The van der Waals surface area contributed by atoms with E-state index in [0.29, 0.717) is 13.0 Å². The molecule has 2 rings (SSSR count). The Morgan fingerprint density at radius 2 is 1.85 bits per heavy atom. The lowest BCUT2D eigenvalue weighted by Gasteiger charge is -2.43. The molecule has 0 aliphatic carbocycles. The maximum Gasteiger partial charge on any atom is 0.192 e. The Kier molecular flexibility index (Phi) is 7.45. The van der Waals surface area contributed by atoms with Crippen LogP contribution < -0.4 is 0 Å². The second-order valence-electron chi connectivity index (χ2n) is 8.90. The van der Waals surface area contributed by atoms with Crippen LogP contribution in [0.25, 0.3) is 0 Å². The van der Waals surface area contributed by atoms with Crippen LogP contribution in [0.2, 0.25) is 18.1 Å². The largest absolute Gasteiger partial charge is 0.409 e. The second-order valence-corrected chi connectivity index (χ2v) is 13.7. The monoisotopic (exact) mass is 380 g/mol. The van der Waals surface area contributed by atoms with Gasteiger partial charge in [0.25, 0.3) is 0 Å². The van der Waals surface area contributed by atoms with Gasteiger partial charge in [0.1, 0.15) is 0 Å². The third-order valence-electron chi connectivity index (χ3n) is 5.64. The first-order valence-corrected chi connectivity index (χ1v) is 12.7. The van der Waals surface area contributed by atoms with Crippen molar-refractivity contribution in [3.8, 4) is 0 Å². The van der Waals surface area contributed by atoms with Crippen molar-refractivity contribution in [2.24, 2.45) is 0 Å². The van der Waals surface area contributed by atoms with Gasteiger partial charge in [0, 0.05) is 6.42 Å². The fraction of sp³-hybridized carbons (Fsp3) is 0.714. The van der Waals surface area contributed by atoms with Gasteiger partial charge in [0.2, 0.25) is 0 Å². The fourth-order valence-electron chi connectivity index (χ4n) is 2.87. The SMILES string of the molecule is C[C@H]1CC[C@H](O[Si](C)(C)C(C)(C)C)[C@@H](OCC[C@H](O)c2ccccc2)O1. The van der Waals surface area contributed by atoms with Crippen LogP contribution in [0.4, 0.5) is 0 Å². The highest BCUT2D eigenvalue weighted by molar-refractivity contribution is 6.74. The molecular weight excluding hydrogens is 344 g/mol. The average Bonchev–Trinajstić information content (AvgIpc) is 2.56. The number of hydrogen-bond acceptors (Lipinski definition) is 4. The highest BCUT2D eigenvalue weighted by atomic mass is 28.4. The molecule has 0 unspecified atom stereocenters. The lowest BCUT2D eigenvalue weighted by Crippen LogP contribution is -2.50. The zero-order chi connectivity index (χ0) is 19.4. The summed E-state index contributed by atoms with van der Waals surface area (Å²) in [4.78, 5) is 0. The quantitative estimate of drug-likeness (QED) is 0.673. The van der Waals surface area contributed by atoms with Crippen LogP contribution in [0.1, 0.15) is 58.6 Å². The third-order valence-corrected chi connectivity index (χ3v) is 10.1. The van der Waals surface area contributed by atoms with Crippen LogP contribution in [-0.4, -0.2) is 38.5 Å². The molecule has 5 heteroatoms. The van der Waals surface area contributed by atoms with Gasteiger partial charge in [-0.1, -0.05) is 51.1 Å². The molecule has 0 saturated carbocycles. The minimum absolute atomic E-state index is 0.0269. The van der Waals surface area contributed by atoms with Crippen LogP contribution in [0, 0.1) is 0 Å². The molecule has 0 bridgehead atoms. The molecule has 4 atom stereocenters. The van der Waals surface area contributed by atoms with Crippen molar-refractivity contribution in [1.82, 2.24) is 0 Å². The standard InChI is InChI=1S/C21H36O4Si/c1-16-12-13-19(25-26(5,6)21(2,3)4)20(24-16)23-15-14-18(22)17-10-8-7-9-11-17/h7-11,16,18-20,22H,12-15H2,1-6H3/t16-,18-,19-,20-/m0/s1. The third kappa shape index (κ3) is 5.89. The van der Waals surface area contributed by atoms with E-state index in [4.69, 9.17) is 13.9 Å². The Morgan fingerprint density at radius 1 is 1.19 bits per heavy atom. The molecule has 1 fully saturated rings. The summed E-state index contributed by atoms with van der Waals surface area (Å²) >= 11 is 0. The summed E-state index contributed by atoms with van der Waals surface area (Å²) in [6.45, 7) is 13.8. The van der Waals surface area contributed by atoms with E-state index in [1.54, 1.807) is 0 Å². The molecule has 1 aromatic carbocycles. The molecule has 1 N–H and O–H groups in total. The number of aliphatic hydroxyl groups excluding tert-OH is 1. The minimum atomic E-state index is -1.88. The normalized spacial score (nSPS) is 25.9. The molecule has 0 aromatic heterocycles. The lowest BCUT2D eigenvalue weighted by atomic mass is 10.1. The number of aliphatic hydroxyl groups is 1. The molecule has 4 nitrogen and oxygen atoms in total. The van der Waals surface area contributed by atoms with Gasteiger partial charge in [0.05, 0.1) is 24.9 Å². The number of ether oxygens (including phenoxy) is 2. The molecular formula is C21H36O4Si. The van der Waals surface area contributed by atoms with E-state index in [0.717, 1.165) is 18.4 Å². The van der Waals surface area contributed by atoms with E-state index < -0.39 is 14.4 Å². The minimum Gasteiger partial charge on any atom is -0.409 e. The Hall–Kier alpha value is -0.723. The van der Waals surface area contributed by atoms with E-state index in [2.05, 4.69) is 40.8 Å². The summed E-state index contributed by atoms with van der Waals surface area (Å²) in [7, 11) is -1.88. The van der Waals surface area contributed by atoms with Gasteiger partial charge < -0.3 is 19.0 Å². The van der Waals surface area contributed by atoms with Crippen molar-refractivity contribution >= 4 is 8.32 Å². The fourth-order valence-corrected chi connectivity index (χ4v) is 4.21. The number of rotatable bonds is 7. The van der Waals surface area contributed by atoms with Crippen molar-refractivity contribution in [2.45, 2.75) is 89.7 Å². The maximum atomic E-state index is 10.3. The first-order chi connectivity index (χ1) is 12.1. The van der Waals surface area contributed by atoms with E-state index in [1.165, 1.54) is 0 Å². The van der Waals surface area contributed by atoms with Crippen LogP contribution in [0.5, 0.6) is 0 Å². The zero-order valence-corrected chi connectivity index (χ0v) is 18.2. The van der Waals surface area contributed by atoms with Crippen molar-refractivity contribution < 1.29 is 19.0 Å². The zero-order valence-electron chi connectivity index (χ0n) is 17.2. The first kappa shape index (κ1) is 21.6. The first-order valence-electron chi connectivity index (χ1n) is 9.78.